The zero-order valence-corrected chi connectivity index (χ0v) is 14.7. The number of carbonyl (C=O) groups is 1. The zero-order chi connectivity index (χ0) is 17.2. The molecule has 1 N–H and O–H groups in total. The molecule has 0 unspecified atom stereocenters. The number of hydrogen-bond donors (Lipinski definition) is 1. The first-order valence-corrected chi connectivity index (χ1v) is 9.16. The molecule has 1 saturated heterocycles. The van der Waals surface area contributed by atoms with Crippen LogP contribution in [-0.2, 0) is 0 Å². The third-order valence-electron chi connectivity index (χ3n) is 5.26. The molecule has 3 heteroatoms. The van der Waals surface area contributed by atoms with Crippen LogP contribution in [0.25, 0.3) is 10.9 Å². The molecule has 3 nitrogen and oxygen atoms in total. The number of nitrogens with zero attached hydrogens (tertiary/aromatic N) is 1. The summed E-state index contributed by atoms with van der Waals surface area (Å²) in [6, 6.07) is 18.1. The minimum Gasteiger partial charge on any atom is -0.358 e. The molecule has 0 radical (unpaired) electrons. The van der Waals surface area contributed by atoms with Crippen molar-refractivity contribution in [3.63, 3.8) is 0 Å². The largest absolute Gasteiger partial charge is 0.358 e. The van der Waals surface area contributed by atoms with E-state index >= 15 is 0 Å². The summed E-state index contributed by atoms with van der Waals surface area (Å²) in [6.45, 7) is 3.99. The quantitative estimate of drug-likeness (QED) is 0.691. The number of aromatic amines is 1. The molecule has 0 spiro atoms. The fraction of sp³-hybridized carbons (Fsp3) is 0.318. The SMILES string of the molecule is Cc1[nH]c2ccccc2c1C(=O)[C@H](c1ccccc1)N1CCCCC1. The minimum absolute atomic E-state index is 0.195. The summed E-state index contributed by atoms with van der Waals surface area (Å²) in [7, 11) is 0. The lowest BCUT2D eigenvalue weighted by molar-refractivity contribution is 0.0784. The van der Waals surface area contributed by atoms with Crippen molar-refractivity contribution in [1.29, 1.82) is 0 Å². The molecular formula is C22H24N2O. The average Bonchev–Trinajstić information content (AvgIpc) is 2.99. The van der Waals surface area contributed by atoms with Crippen molar-refractivity contribution in [3.05, 3.63) is 71.4 Å². The predicted octanol–water partition coefficient (Wildman–Crippen LogP) is 4.89. The van der Waals surface area contributed by atoms with Crippen LogP contribution < -0.4 is 0 Å². The highest BCUT2D eigenvalue weighted by atomic mass is 16.1. The van der Waals surface area contributed by atoms with Gasteiger partial charge in [-0.05, 0) is 44.5 Å². The number of para-hydroxylation sites is 1. The maximum atomic E-state index is 13.7. The fourth-order valence-electron chi connectivity index (χ4n) is 4.07. The van der Waals surface area contributed by atoms with Crippen LogP contribution in [0.2, 0.25) is 0 Å². The molecule has 3 aromatic rings. The standard InChI is InChI=1S/C22H24N2O/c1-16-20(18-12-6-7-13-19(18)23-16)22(25)21(17-10-4-2-5-11-17)24-14-8-3-9-15-24/h2,4-7,10-13,21,23H,3,8-9,14-15H2,1H3/t21-/m0/s1. The van der Waals surface area contributed by atoms with E-state index < -0.39 is 0 Å². The maximum absolute atomic E-state index is 13.7. The van der Waals surface area contributed by atoms with Gasteiger partial charge >= 0.3 is 0 Å². The molecule has 0 bridgehead atoms. The molecule has 0 aliphatic carbocycles. The molecule has 1 aliphatic rings. The van der Waals surface area contributed by atoms with Gasteiger partial charge in [-0.3, -0.25) is 9.69 Å². The Morgan fingerprint density at radius 2 is 1.64 bits per heavy atom. The molecule has 25 heavy (non-hydrogen) atoms. The third-order valence-corrected chi connectivity index (χ3v) is 5.26. The van der Waals surface area contributed by atoms with Gasteiger partial charge in [0, 0.05) is 22.2 Å². The smallest absolute Gasteiger partial charge is 0.186 e. The van der Waals surface area contributed by atoms with Gasteiger partial charge in [0.2, 0.25) is 0 Å². The number of fused-ring (bicyclic) bond motifs is 1. The van der Waals surface area contributed by atoms with E-state index in [-0.39, 0.29) is 11.8 Å². The van der Waals surface area contributed by atoms with E-state index in [1.54, 1.807) is 0 Å². The van der Waals surface area contributed by atoms with E-state index in [4.69, 9.17) is 0 Å². The lowest BCUT2D eigenvalue weighted by Crippen LogP contribution is -2.38. The van der Waals surface area contributed by atoms with E-state index in [2.05, 4.69) is 22.0 Å². The highest BCUT2D eigenvalue weighted by Gasteiger charge is 2.31. The Hall–Kier alpha value is -2.39. The summed E-state index contributed by atoms with van der Waals surface area (Å²) < 4.78 is 0. The number of aryl methyl sites for hydroxylation is 1. The van der Waals surface area contributed by atoms with Gasteiger partial charge in [-0.25, -0.2) is 0 Å². The van der Waals surface area contributed by atoms with E-state index in [9.17, 15) is 4.79 Å². The Morgan fingerprint density at radius 3 is 2.40 bits per heavy atom. The van der Waals surface area contributed by atoms with E-state index in [1.807, 2.05) is 49.4 Å². The normalized spacial score (nSPS) is 16.8. The molecule has 1 fully saturated rings. The third kappa shape index (κ3) is 3.00. The number of nitrogens with one attached hydrogen (secondary N) is 1. The number of H-pyrrole nitrogens is 1. The van der Waals surface area contributed by atoms with Crippen LogP contribution in [0.15, 0.2) is 54.6 Å². The Labute approximate surface area is 148 Å². The molecule has 1 aliphatic heterocycles. The molecule has 2 aromatic carbocycles. The Kier molecular flexibility index (Phi) is 4.41. The van der Waals surface area contributed by atoms with Gasteiger partial charge in [0.1, 0.15) is 0 Å². The number of likely N-dealkylation sites (tertiary alicyclic amines) is 1. The number of aromatic nitrogens is 1. The van der Waals surface area contributed by atoms with Gasteiger partial charge in [-0.15, -0.1) is 0 Å². The topological polar surface area (TPSA) is 36.1 Å². The summed E-state index contributed by atoms with van der Waals surface area (Å²) in [5.74, 6) is 0.211. The number of carbonyl (C=O) groups excluding carboxylic acids is 1. The summed E-state index contributed by atoms with van der Waals surface area (Å²) in [5.41, 5.74) is 3.94. The first kappa shape index (κ1) is 16.1. The Bertz CT molecular complexity index is 875. The van der Waals surface area contributed by atoms with Crippen LogP contribution >= 0.6 is 0 Å². The Morgan fingerprint density at radius 1 is 0.960 bits per heavy atom. The summed E-state index contributed by atoms with van der Waals surface area (Å²) in [4.78, 5) is 19.4. The van der Waals surface area contributed by atoms with Crippen molar-refractivity contribution >= 4 is 16.7 Å². The molecule has 1 aromatic heterocycles. The van der Waals surface area contributed by atoms with E-state index in [0.29, 0.717) is 0 Å². The van der Waals surface area contributed by atoms with E-state index in [0.717, 1.165) is 40.8 Å². The van der Waals surface area contributed by atoms with Crippen LogP contribution in [0.3, 0.4) is 0 Å². The van der Waals surface area contributed by atoms with Crippen LogP contribution in [0.4, 0.5) is 0 Å². The van der Waals surface area contributed by atoms with Gasteiger partial charge in [-0.1, -0.05) is 55.0 Å². The molecule has 0 amide bonds. The monoisotopic (exact) mass is 332 g/mol. The van der Waals surface area contributed by atoms with Crippen LogP contribution in [-0.4, -0.2) is 28.8 Å². The van der Waals surface area contributed by atoms with Crippen molar-refractivity contribution in [1.82, 2.24) is 9.88 Å². The van der Waals surface area contributed by atoms with Gasteiger partial charge in [0.15, 0.2) is 5.78 Å². The number of ketones is 1. The lowest BCUT2D eigenvalue weighted by atomic mass is 9.92. The van der Waals surface area contributed by atoms with Crippen LogP contribution in [0.1, 0.15) is 46.9 Å². The second-order valence-corrected chi connectivity index (χ2v) is 6.94. The Balaban J connectivity index is 1.80. The molecule has 4 rings (SSSR count). The second-order valence-electron chi connectivity index (χ2n) is 6.94. The van der Waals surface area contributed by atoms with Crippen molar-refractivity contribution in [2.75, 3.05) is 13.1 Å². The van der Waals surface area contributed by atoms with Crippen molar-refractivity contribution < 1.29 is 4.79 Å². The molecular weight excluding hydrogens is 308 g/mol. The summed E-state index contributed by atoms with van der Waals surface area (Å²) in [6.07, 6.45) is 3.60. The minimum atomic E-state index is -0.195. The zero-order valence-electron chi connectivity index (χ0n) is 14.7. The van der Waals surface area contributed by atoms with E-state index in [1.165, 1.54) is 19.3 Å². The van der Waals surface area contributed by atoms with Gasteiger partial charge < -0.3 is 4.98 Å². The molecule has 0 saturated carbocycles. The molecule has 128 valence electrons. The van der Waals surface area contributed by atoms with Gasteiger partial charge in [0.05, 0.1) is 6.04 Å². The average molecular weight is 332 g/mol. The van der Waals surface area contributed by atoms with Gasteiger partial charge in [0.25, 0.3) is 0 Å². The fourth-order valence-corrected chi connectivity index (χ4v) is 4.07. The lowest BCUT2D eigenvalue weighted by Gasteiger charge is -2.34. The number of hydrogen-bond acceptors (Lipinski definition) is 2. The number of piperidine rings is 1. The van der Waals surface area contributed by atoms with Crippen LogP contribution in [0.5, 0.6) is 0 Å². The first-order valence-electron chi connectivity index (χ1n) is 9.16. The molecule has 1 atom stereocenters. The van der Waals surface area contributed by atoms with Crippen molar-refractivity contribution in [3.8, 4) is 0 Å². The van der Waals surface area contributed by atoms with Crippen LogP contribution in [0, 0.1) is 6.92 Å². The first-order chi connectivity index (χ1) is 12.3. The highest BCUT2D eigenvalue weighted by molar-refractivity contribution is 6.11. The highest BCUT2D eigenvalue weighted by Crippen LogP contribution is 2.32. The van der Waals surface area contributed by atoms with Gasteiger partial charge in [-0.2, -0.15) is 0 Å². The predicted molar refractivity (Wildman–Crippen MR) is 102 cm³/mol. The number of rotatable bonds is 4. The number of benzene rings is 2. The summed E-state index contributed by atoms with van der Waals surface area (Å²) >= 11 is 0. The van der Waals surface area contributed by atoms with Crippen molar-refractivity contribution in [2.45, 2.75) is 32.2 Å². The number of Topliss-reactive ketones (excluding diaryl/α,β-unsaturated/α-hetero) is 1. The maximum Gasteiger partial charge on any atom is 0.186 e. The molecule has 2 heterocycles. The van der Waals surface area contributed by atoms with Crippen molar-refractivity contribution in [2.24, 2.45) is 0 Å². The second kappa shape index (κ2) is 6.85. The summed E-state index contributed by atoms with van der Waals surface area (Å²) in [5, 5.41) is 1.03.